The van der Waals surface area contributed by atoms with E-state index in [0.717, 1.165) is 0 Å². The Labute approximate surface area is 129 Å². The highest BCUT2D eigenvalue weighted by Gasteiger charge is 2.16. The molecular weight excluding hydrogens is 384 g/mol. The molecule has 0 spiro atoms. The second-order valence-electron chi connectivity index (χ2n) is 3.93. The molecule has 1 heterocycles. The highest BCUT2D eigenvalue weighted by molar-refractivity contribution is 14.1. The van der Waals surface area contributed by atoms with E-state index < -0.39 is 0 Å². The van der Waals surface area contributed by atoms with Crippen molar-refractivity contribution in [3.05, 3.63) is 54.5 Å². The first kappa shape index (κ1) is 14.2. The summed E-state index contributed by atoms with van der Waals surface area (Å²) >= 11 is 10.0. The molecule has 1 unspecified atom stereocenters. The van der Waals surface area contributed by atoms with Crippen LogP contribution < -0.4 is 5.32 Å². The van der Waals surface area contributed by atoms with Crippen LogP contribution in [-0.2, 0) is 6.42 Å². The van der Waals surface area contributed by atoms with Gasteiger partial charge >= 0.3 is 0 Å². The topological polar surface area (TPSA) is 12.0 Å². The van der Waals surface area contributed by atoms with Crippen molar-refractivity contribution in [3.63, 3.8) is 0 Å². The van der Waals surface area contributed by atoms with Crippen molar-refractivity contribution in [3.8, 4) is 0 Å². The molecule has 0 amide bonds. The Hall–Kier alpha value is -0.170. The maximum atomic E-state index is 13.8. The van der Waals surface area contributed by atoms with Crippen LogP contribution >= 0.6 is 45.5 Å². The van der Waals surface area contributed by atoms with Crippen molar-refractivity contribution in [2.24, 2.45) is 0 Å². The molecule has 2 aromatic rings. The van der Waals surface area contributed by atoms with Gasteiger partial charge in [0.1, 0.15) is 5.82 Å². The van der Waals surface area contributed by atoms with E-state index in [1.54, 1.807) is 23.5 Å². The molecule has 2 rings (SSSR count). The first-order chi connectivity index (χ1) is 8.61. The van der Waals surface area contributed by atoms with E-state index in [1.165, 1.54) is 14.5 Å². The van der Waals surface area contributed by atoms with Gasteiger partial charge in [-0.15, -0.1) is 11.3 Å². The van der Waals surface area contributed by atoms with Gasteiger partial charge in [0, 0.05) is 16.6 Å². The third-order valence-corrected chi connectivity index (χ3v) is 4.97. The number of rotatable bonds is 4. The molecule has 0 radical (unpaired) electrons. The SMILES string of the molecule is CNC(Cc1c(F)cccc1Cl)c1csc(I)c1. The first-order valence-electron chi connectivity index (χ1n) is 5.46. The molecule has 0 bridgehead atoms. The van der Waals surface area contributed by atoms with Crippen LogP contribution in [0.2, 0.25) is 5.02 Å². The predicted octanol–water partition coefficient (Wildman–Crippen LogP) is 4.65. The van der Waals surface area contributed by atoms with Crippen molar-refractivity contribution < 1.29 is 4.39 Å². The average molecular weight is 396 g/mol. The Morgan fingerprint density at radius 1 is 1.50 bits per heavy atom. The van der Waals surface area contributed by atoms with Gasteiger partial charge in [-0.1, -0.05) is 17.7 Å². The molecule has 0 aliphatic rings. The van der Waals surface area contributed by atoms with Gasteiger partial charge < -0.3 is 5.32 Å². The molecule has 1 aromatic carbocycles. The maximum Gasteiger partial charge on any atom is 0.127 e. The highest BCUT2D eigenvalue weighted by Crippen LogP contribution is 2.28. The Bertz CT molecular complexity index is 523. The number of likely N-dealkylation sites (N-methyl/N-ethyl adjacent to an activating group) is 1. The molecule has 0 fully saturated rings. The molecule has 0 aliphatic heterocycles. The van der Waals surface area contributed by atoms with E-state index >= 15 is 0 Å². The largest absolute Gasteiger partial charge is 0.313 e. The van der Waals surface area contributed by atoms with E-state index in [-0.39, 0.29) is 11.9 Å². The number of hydrogen-bond acceptors (Lipinski definition) is 2. The Kier molecular flexibility index (Phi) is 5.00. The van der Waals surface area contributed by atoms with Gasteiger partial charge in [0.15, 0.2) is 0 Å². The molecule has 0 saturated carbocycles. The summed E-state index contributed by atoms with van der Waals surface area (Å²) in [4.78, 5) is 0. The van der Waals surface area contributed by atoms with Gasteiger partial charge in [-0.05, 0) is 65.2 Å². The fourth-order valence-corrected chi connectivity index (χ4v) is 3.49. The summed E-state index contributed by atoms with van der Waals surface area (Å²) in [6.45, 7) is 0. The fourth-order valence-electron chi connectivity index (χ4n) is 1.82. The zero-order valence-corrected chi connectivity index (χ0v) is 13.4. The van der Waals surface area contributed by atoms with Crippen LogP contribution in [0.1, 0.15) is 17.2 Å². The summed E-state index contributed by atoms with van der Waals surface area (Å²) in [6.07, 6.45) is 0.550. The molecule has 0 aliphatic carbocycles. The van der Waals surface area contributed by atoms with Crippen molar-refractivity contribution in [2.75, 3.05) is 7.05 Å². The molecule has 96 valence electrons. The quantitative estimate of drug-likeness (QED) is 0.743. The summed E-state index contributed by atoms with van der Waals surface area (Å²) in [5.74, 6) is -0.243. The molecule has 5 heteroatoms. The predicted molar refractivity (Wildman–Crippen MR) is 84.0 cm³/mol. The summed E-state index contributed by atoms with van der Waals surface area (Å²) in [6, 6.07) is 7.00. The van der Waals surface area contributed by atoms with Crippen LogP contribution in [-0.4, -0.2) is 7.05 Å². The lowest BCUT2D eigenvalue weighted by Crippen LogP contribution is -2.19. The number of benzene rings is 1. The molecule has 1 aromatic heterocycles. The van der Waals surface area contributed by atoms with Gasteiger partial charge in [0.2, 0.25) is 0 Å². The van der Waals surface area contributed by atoms with Crippen LogP contribution in [0.25, 0.3) is 0 Å². The second kappa shape index (κ2) is 6.32. The minimum Gasteiger partial charge on any atom is -0.313 e. The van der Waals surface area contributed by atoms with Crippen molar-refractivity contribution in [1.82, 2.24) is 5.32 Å². The van der Waals surface area contributed by atoms with Gasteiger partial charge in [-0.25, -0.2) is 4.39 Å². The van der Waals surface area contributed by atoms with E-state index in [2.05, 4.69) is 39.4 Å². The fraction of sp³-hybridized carbons (Fsp3) is 0.231. The van der Waals surface area contributed by atoms with Crippen LogP contribution in [0.15, 0.2) is 29.6 Å². The van der Waals surface area contributed by atoms with Gasteiger partial charge in [0.25, 0.3) is 0 Å². The average Bonchev–Trinajstić information content (AvgIpc) is 2.76. The molecule has 1 nitrogen and oxygen atoms in total. The Balaban J connectivity index is 2.26. The lowest BCUT2D eigenvalue weighted by Gasteiger charge is -2.16. The number of hydrogen-bond donors (Lipinski definition) is 1. The summed E-state index contributed by atoms with van der Waals surface area (Å²) in [5.41, 5.74) is 1.74. The second-order valence-corrected chi connectivity index (χ2v) is 7.14. The molecule has 0 saturated heterocycles. The Morgan fingerprint density at radius 2 is 2.28 bits per heavy atom. The van der Waals surface area contributed by atoms with Crippen LogP contribution in [0, 0.1) is 8.70 Å². The van der Waals surface area contributed by atoms with Gasteiger partial charge in [0.05, 0.1) is 2.88 Å². The van der Waals surface area contributed by atoms with Crippen molar-refractivity contribution >= 4 is 45.5 Å². The Morgan fingerprint density at radius 3 is 2.83 bits per heavy atom. The molecule has 1 N–H and O–H groups in total. The minimum atomic E-state index is -0.243. The smallest absolute Gasteiger partial charge is 0.127 e. The van der Waals surface area contributed by atoms with Crippen LogP contribution in [0.4, 0.5) is 4.39 Å². The van der Waals surface area contributed by atoms with E-state index in [0.29, 0.717) is 17.0 Å². The van der Waals surface area contributed by atoms with Crippen molar-refractivity contribution in [2.45, 2.75) is 12.5 Å². The van der Waals surface area contributed by atoms with Gasteiger partial charge in [-0.3, -0.25) is 0 Å². The van der Waals surface area contributed by atoms with Crippen LogP contribution in [0.3, 0.4) is 0 Å². The van der Waals surface area contributed by atoms with Gasteiger partial charge in [-0.2, -0.15) is 0 Å². The third-order valence-electron chi connectivity index (χ3n) is 2.81. The number of thiophene rings is 1. The lowest BCUT2D eigenvalue weighted by molar-refractivity contribution is 0.555. The zero-order valence-electron chi connectivity index (χ0n) is 9.71. The summed E-state index contributed by atoms with van der Waals surface area (Å²) in [5, 5.41) is 5.79. The first-order valence-corrected chi connectivity index (χ1v) is 7.79. The molecule has 18 heavy (non-hydrogen) atoms. The molecular formula is C13H12ClFINS. The number of nitrogens with one attached hydrogen (secondary N) is 1. The van der Waals surface area contributed by atoms with Crippen LogP contribution in [0.5, 0.6) is 0 Å². The lowest BCUT2D eigenvalue weighted by atomic mass is 10.0. The monoisotopic (exact) mass is 395 g/mol. The number of halogens is 3. The van der Waals surface area contributed by atoms with E-state index in [1.807, 2.05) is 7.05 Å². The standard InChI is InChI=1S/C13H12ClFINS/c1-17-12(8-5-13(16)18-7-8)6-9-10(14)3-2-4-11(9)15/h2-5,7,12,17H,6H2,1H3. The maximum absolute atomic E-state index is 13.8. The highest BCUT2D eigenvalue weighted by atomic mass is 127. The zero-order chi connectivity index (χ0) is 13.1. The molecule has 1 atom stereocenters. The van der Waals surface area contributed by atoms with E-state index in [4.69, 9.17) is 11.6 Å². The minimum absolute atomic E-state index is 0.0826. The van der Waals surface area contributed by atoms with E-state index in [9.17, 15) is 4.39 Å². The normalized spacial score (nSPS) is 12.7. The summed E-state index contributed by atoms with van der Waals surface area (Å²) < 4.78 is 15.0. The third kappa shape index (κ3) is 3.23. The van der Waals surface area contributed by atoms with Crippen molar-refractivity contribution in [1.29, 1.82) is 0 Å². The summed E-state index contributed by atoms with van der Waals surface area (Å²) in [7, 11) is 1.88.